The molecule has 0 aliphatic rings. The Morgan fingerprint density at radius 3 is 1.06 bits per heavy atom. The lowest BCUT2D eigenvalue weighted by Gasteiger charge is -2.23. The molecule has 164 valence electrons. The Labute approximate surface area is 185 Å². The summed E-state index contributed by atoms with van der Waals surface area (Å²) < 4.78 is 0. The van der Waals surface area contributed by atoms with E-state index in [0.29, 0.717) is 0 Å². The molecule has 0 radical (unpaired) electrons. The van der Waals surface area contributed by atoms with Gasteiger partial charge in [-0.25, -0.2) is 0 Å². The van der Waals surface area contributed by atoms with Crippen LogP contribution < -0.4 is 16.0 Å². The van der Waals surface area contributed by atoms with E-state index < -0.39 is 0 Å². The Morgan fingerprint density at radius 2 is 0.774 bits per heavy atom. The number of rotatable bonds is 15. The van der Waals surface area contributed by atoms with E-state index in [-0.39, 0.29) is 0 Å². The Hall–Kier alpha value is -2.71. The summed E-state index contributed by atoms with van der Waals surface area (Å²) in [5.41, 5.74) is 3.79. The summed E-state index contributed by atoms with van der Waals surface area (Å²) in [5.74, 6) is 0. The fraction of sp³-hybridized carbons (Fsp3) is 0.375. The van der Waals surface area contributed by atoms with Gasteiger partial charge >= 0.3 is 0 Å². The van der Waals surface area contributed by atoms with E-state index in [1.54, 1.807) is 0 Å². The summed E-state index contributed by atoms with van der Waals surface area (Å²) in [4.78, 5) is 14.7. The van der Waals surface area contributed by atoms with Gasteiger partial charge < -0.3 is 16.0 Å². The second kappa shape index (κ2) is 14.3. The van der Waals surface area contributed by atoms with Crippen molar-refractivity contribution in [1.82, 2.24) is 35.8 Å². The number of hydrogen-bond donors (Lipinski definition) is 3. The lowest BCUT2D eigenvalue weighted by atomic mass is 10.2. The molecule has 0 aliphatic carbocycles. The van der Waals surface area contributed by atoms with Crippen LogP contribution in [0.5, 0.6) is 0 Å². The molecule has 0 amide bonds. The molecular formula is C24H33N7. The molecule has 0 saturated heterocycles. The third kappa shape index (κ3) is 9.76. The molecule has 3 aromatic heterocycles. The molecule has 3 aromatic rings. The van der Waals surface area contributed by atoms with Crippen LogP contribution in [0.15, 0.2) is 73.6 Å². The summed E-state index contributed by atoms with van der Waals surface area (Å²) in [7, 11) is 0. The molecule has 0 fully saturated rings. The van der Waals surface area contributed by atoms with Crippen LogP contribution in [-0.4, -0.2) is 59.1 Å². The molecule has 0 atom stereocenters. The van der Waals surface area contributed by atoms with Gasteiger partial charge in [-0.15, -0.1) is 0 Å². The van der Waals surface area contributed by atoms with Crippen molar-refractivity contribution in [3.8, 4) is 0 Å². The van der Waals surface area contributed by atoms with Crippen molar-refractivity contribution >= 4 is 0 Å². The van der Waals surface area contributed by atoms with Crippen molar-refractivity contribution in [3.63, 3.8) is 0 Å². The minimum atomic E-state index is 0.872. The van der Waals surface area contributed by atoms with E-state index in [0.717, 1.165) is 58.9 Å². The molecule has 3 rings (SSSR count). The Morgan fingerprint density at radius 1 is 0.484 bits per heavy atom. The summed E-state index contributed by atoms with van der Waals surface area (Å²) in [6.07, 6.45) is 11.0. The monoisotopic (exact) mass is 419 g/mol. The SMILES string of the molecule is c1cc(CNCCN(CCNCc2ccncc2)CCNCc2ccncc2)ccn1. The van der Waals surface area contributed by atoms with Crippen molar-refractivity contribution in [1.29, 1.82) is 0 Å². The topological polar surface area (TPSA) is 78.0 Å². The van der Waals surface area contributed by atoms with Gasteiger partial charge in [0.2, 0.25) is 0 Å². The van der Waals surface area contributed by atoms with Crippen LogP contribution in [0.2, 0.25) is 0 Å². The zero-order valence-corrected chi connectivity index (χ0v) is 18.1. The van der Waals surface area contributed by atoms with Crippen molar-refractivity contribution in [2.24, 2.45) is 0 Å². The van der Waals surface area contributed by atoms with Crippen molar-refractivity contribution in [2.75, 3.05) is 39.3 Å². The number of hydrogen-bond acceptors (Lipinski definition) is 7. The van der Waals surface area contributed by atoms with Crippen LogP contribution in [0.25, 0.3) is 0 Å². The van der Waals surface area contributed by atoms with E-state index in [9.17, 15) is 0 Å². The van der Waals surface area contributed by atoms with Crippen LogP contribution >= 0.6 is 0 Å². The second-order valence-corrected chi connectivity index (χ2v) is 7.44. The van der Waals surface area contributed by atoms with Gasteiger partial charge in [0.05, 0.1) is 0 Å². The fourth-order valence-corrected chi connectivity index (χ4v) is 3.25. The van der Waals surface area contributed by atoms with E-state index in [1.165, 1.54) is 16.7 Å². The number of nitrogens with one attached hydrogen (secondary N) is 3. The first-order valence-electron chi connectivity index (χ1n) is 10.9. The van der Waals surface area contributed by atoms with Gasteiger partial charge in [0.1, 0.15) is 0 Å². The fourth-order valence-electron chi connectivity index (χ4n) is 3.25. The lowest BCUT2D eigenvalue weighted by molar-refractivity contribution is 0.271. The number of pyridine rings is 3. The van der Waals surface area contributed by atoms with E-state index in [2.05, 4.69) is 72.2 Å². The van der Waals surface area contributed by atoms with E-state index in [1.807, 2.05) is 37.2 Å². The van der Waals surface area contributed by atoms with Gasteiger partial charge in [-0.3, -0.25) is 19.9 Å². The lowest BCUT2D eigenvalue weighted by Crippen LogP contribution is -2.40. The standard InChI is InChI=1S/C24H33N7/c1-7-25-8-2-22(1)19-28-13-16-31(17-14-29-20-23-3-9-26-10-4-23)18-15-30-21-24-5-11-27-12-6-24/h1-12,28-30H,13-21H2. The Kier molecular flexibility index (Phi) is 10.6. The van der Waals surface area contributed by atoms with Gasteiger partial charge in [0, 0.05) is 96.1 Å². The zero-order chi connectivity index (χ0) is 21.4. The van der Waals surface area contributed by atoms with Crippen LogP contribution in [0, 0.1) is 0 Å². The Bertz CT molecular complexity index is 702. The van der Waals surface area contributed by atoms with Crippen LogP contribution in [-0.2, 0) is 19.6 Å². The van der Waals surface area contributed by atoms with Crippen LogP contribution in [0.1, 0.15) is 16.7 Å². The average Bonchev–Trinajstić information content (AvgIpc) is 2.83. The summed E-state index contributed by atoms with van der Waals surface area (Å²) in [5, 5.41) is 10.6. The normalized spacial score (nSPS) is 11.1. The maximum Gasteiger partial charge on any atom is 0.0271 e. The molecule has 3 N–H and O–H groups in total. The first-order chi connectivity index (χ1) is 15.4. The largest absolute Gasteiger partial charge is 0.311 e. The van der Waals surface area contributed by atoms with E-state index >= 15 is 0 Å². The highest BCUT2D eigenvalue weighted by atomic mass is 15.2. The summed E-state index contributed by atoms with van der Waals surface area (Å²) in [6, 6.07) is 12.3. The van der Waals surface area contributed by atoms with E-state index in [4.69, 9.17) is 0 Å². The van der Waals surface area contributed by atoms with Gasteiger partial charge in [0.15, 0.2) is 0 Å². The molecule has 7 heteroatoms. The maximum atomic E-state index is 4.07. The first kappa shape index (κ1) is 23.0. The average molecular weight is 420 g/mol. The summed E-state index contributed by atoms with van der Waals surface area (Å²) in [6.45, 7) is 8.52. The predicted molar refractivity (Wildman–Crippen MR) is 124 cm³/mol. The van der Waals surface area contributed by atoms with Crippen molar-refractivity contribution < 1.29 is 0 Å². The molecule has 3 heterocycles. The smallest absolute Gasteiger partial charge is 0.0271 e. The van der Waals surface area contributed by atoms with Gasteiger partial charge in [-0.2, -0.15) is 0 Å². The molecule has 0 spiro atoms. The van der Waals surface area contributed by atoms with Crippen molar-refractivity contribution in [2.45, 2.75) is 19.6 Å². The Balaban J connectivity index is 1.36. The zero-order valence-electron chi connectivity index (χ0n) is 18.1. The minimum Gasteiger partial charge on any atom is -0.311 e. The van der Waals surface area contributed by atoms with Gasteiger partial charge in [-0.1, -0.05) is 0 Å². The first-order valence-corrected chi connectivity index (χ1v) is 10.9. The summed E-state index contributed by atoms with van der Waals surface area (Å²) >= 11 is 0. The van der Waals surface area contributed by atoms with Gasteiger partial charge in [-0.05, 0) is 53.1 Å². The van der Waals surface area contributed by atoms with Crippen molar-refractivity contribution in [3.05, 3.63) is 90.3 Å². The second-order valence-electron chi connectivity index (χ2n) is 7.44. The number of nitrogens with zero attached hydrogens (tertiary/aromatic N) is 4. The molecule has 0 aromatic carbocycles. The third-order valence-corrected chi connectivity index (χ3v) is 5.05. The molecule has 0 saturated carbocycles. The highest BCUT2D eigenvalue weighted by molar-refractivity contribution is 5.10. The molecule has 0 bridgehead atoms. The molecule has 0 aliphatic heterocycles. The number of aromatic nitrogens is 3. The molecular weight excluding hydrogens is 386 g/mol. The molecule has 31 heavy (non-hydrogen) atoms. The molecule has 7 nitrogen and oxygen atoms in total. The van der Waals surface area contributed by atoms with Gasteiger partial charge in [0.25, 0.3) is 0 Å². The highest BCUT2D eigenvalue weighted by Crippen LogP contribution is 1.97. The van der Waals surface area contributed by atoms with Crippen LogP contribution in [0.3, 0.4) is 0 Å². The highest BCUT2D eigenvalue weighted by Gasteiger charge is 2.05. The van der Waals surface area contributed by atoms with Crippen LogP contribution in [0.4, 0.5) is 0 Å². The molecule has 0 unspecified atom stereocenters. The third-order valence-electron chi connectivity index (χ3n) is 5.05. The maximum absolute atomic E-state index is 4.07. The predicted octanol–water partition coefficient (Wildman–Crippen LogP) is 1.84. The quantitative estimate of drug-likeness (QED) is 0.325. The minimum absolute atomic E-state index is 0.872.